The first-order valence-corrected chi connectivity index (χ1v) is 6.98. The van der Waals surface area contributed by atoms with Gasteiger partial charge in [-0.1, -0.05) is 20.3 Å². The second-order valence-corrected chi connectivity index (χ2v) is 4.77. The Balaban J connectivity index is 4.26. The Morgan fingerprint density at radius 1 is 1.47 bits per heavy atom. The SMILES string of the molecule is CCC[C@@H](N)C(=O)N(C)C(CC)CSC. The molecule has 1 unspecified atom stereocenters. The van der Waals surface area contributed by atoms with Gasteiger partial charge in [0.15, 0.2) is 0 Å². The molecule has 0 radical (unpaired) electrons. The molecule has 0 saturated heterocycles. The van der Waals surface area contributed by atoms with Crippen LogP contribution in [0.2, 0.25) is 0 Å². The van der Waals surface area contributed by atoms with Crippen LogP contribution in [0.25, 0.3) is 0 Å². The Bertz CT molecular complexity index is 187. The molecular formula is C11H24N2OS. The fourth-order valence-electron chi connectivity index (χ4n) is 1.57. The normalized spacial score (nSPS) is 14.7. The van der Waals surface area contributed by atoms with Gasteiger partial charge in [0.25, 0.3) is 0 Å². The molecule has 4 heteroatoms. The van der Waals surface area contributed by atoms with Gasteiger partial charge >= 0.3 is 0 Å². The summed E-state index contributed by atoms with van der Waals surface area (Å²) in [5, 5.41) is 0. The van der Waals surface area contributed by atoms with E-state index in [2.05, 4.69) is 13.2 Å². The predicted molar refractivity (Wildman–Crippen MR) is 68.1 cm³/mol. The number of amides is 1. The number of hydrogen-bond acceptors (Lipinski definition) is 3. The molecule has 0 saturated carbocycles. The summed E-state index contributed by atoms with van der Waals surface area (Å²) < 4.78 is 0. The van der Waals surface area contributed by atoms with Crippen molar-refractivity contribution in [1.82, 2.24) is 4.90 Å². The highest BCUT2D eigenvalue weighted by molar-refractivity contribution is 7.98. The molecule has 0 aromatic rings. The molecule has 0 aliphatic rings. The summed E-state index contributed by atoms with van der Waals surface area (Å²) in [4.78, 5) is 13.7. The van der Waals surface area contributed by atoms with E-state index in [1.165, 1.54) is 0 Å². The summed E-state index contributed by atoms with van der Waals surface area (Å²) in [5.41, 5.74) is 5.82. The van der Waals surface area contributed by atoms with E-state index in [1.807, 2.05) is 18.9 Å². The summed E-state index contributed by atoms with van der Waals surface area (Å²) in [6.07, 6.45) is 4.79. The van der Waals surface area contributed by atoms with Gasteiger partial charge in [-0.25, -0.2) is 0 Å². The van der Waals surface area contributed by atoms with Crippen molar-refractivity contribution in [3.8, 4) is 0 Å². The molecule has 0 aromatic heterocycles. The number of likely N-dealkylation sites (N-methyl/N-ethyl adjacent to an activating group) is 1. The van der Waals surface area contributed by atoms with Gasteiger partial charge in [-0.05, 0) is 19.1 Å². The molecule has 0 aromatic carbocycles. The van der Waals surface area contributed by atoms with Crippen LogP contribution < -0.4 is 5.73 Å². The molecule has 0 fully saturated rings. The van der Waals surface area contributed by atoms with Crippen LogP contribution in [0.1, 0.15) is 33.1 Å². The largest absolute Gasteiger partial charge is 0.341 e. The first kappa shape index (κ1) is 14.8. The van der Waals surface area contributed by atoms with Gasteiger partial charge in [0, 0.05) is 18.8 Å². The third-order valence-corrected chi connectivity index (χ3v) is 3.36. The summed E-state index contributed by atoms with van der Waals surface area (Å²) >= 11 is 1.77. The number of carbonyl (C=O) groups is 1. The molecular weight excluding hydrogens is 208 g/mol. The van der Waals surface area contributed by atoms with Gasteiger partial charge in [-0.3, -0.25) is 4.79 Å². The van der Waals surface area contributed by atoms with Crippen LogP contribution in [-0.4, -0.2) is 41.9 Å². The second kappa shape index (κ2) is 7.99. The highest BCUT2D eigenvalue weighted by Gasteiger charge is 2.22. The molecule has 2 atom stereocenters. The number of thioether (sulfide) groups is 1. The van der Waals surface area contributed by atoms with Gasteiger partial charge in [0.05, 0.1) is 6.04 Å². The summed E-state index contributed by atoms with van der Waals surface area (Å²) in [6, 6.07) is -0.00804. The molecule has 0 aliphatic carbocycles. The quantitative estimate of drug-likeness (QED) is 0.727. The van der Waals surface area contributed by atoms with Gasteiger partial charge in [-0.2, -0.15) is 11.8 Å². The topological polar surface area (TPSA) is 46.3 Å². The van der Waals surface area contributed by atoms with Gasteiger partial charge in [-0.15, -0.1) is 0 Å². The zero-order valence-electron chi connectivity index (χ0n) is 10.3. The minimum absolute atomic E-state index is 0.0813. The predicted octanol–water partition coefficient (Wildman–Crippen LogP) is 1.71. The van der Waals surface area contributed by atoms with Gasteiger partial charge < -0.3 is 10.6 Å². The average molecular weight is 232 g/mol. The Hall–Kier alpha value is -0.220. The molecule has 2 N–H and O–H groups in total. The minimum atomic E-state index is -0.323. The lowest BCUT2D eigenvalue weighted by atomic mass is 10.1. The van der Waals surface area contributed by atoms with Crippen molar-refractivity contribution in [2.45, 2.75) is 45.2 Å². The van der Waals surface area contributed by atoms with Crippen molar-refractivity contribution >= 4 is 17.7 Å². The van der Waals surface area contributed by atoms with E-state index >= 15 is 0 Å². The summed E-state index contributed by atoms with van der Waals surface area (Å²) in [5.74, 6) is 1.06. The number of rotatable bonds is 7. The van der Waals surface area contributed by atoms with E-state index < -0.39 is 0 Å². The number of nitrogens with zero attached hydrogens (tertiary/aromatic N) is 1. The fraction of sp³-hybridized carbons (Fsp3) is 0.909. The first-order chi connectivity index (χ1) is 7.08. The fourth-order valence-corrected chi connectivity index (χ4v) is 2.42. The maximum atomic E-state index is 11.9. The highest BCUT2D eigenvalue weighted by Crippen LogP contribution is 2.10. The van der Waals surface area contributed by atoms with E-state index in [1.54, 1.807) is 11.8 Å². The van der Waals surface area contributed by atoms with Crippen molar-refractivity contribution in [3.63, 3.8) is 0 Å². The van der Waals surface area contributed by atoms with Crippen molar-refractivity contribution in [3.05, 3.63) is 0 Å². The molecule has 0 aliphatic heterocycles. The van der Waals surface area contributed by atoms with Crippen molar-refractivity contribution in [2.24, 2.45) is 5.73 Å². The zero-order chi connectivity index (χ0) is 11.8. The molecule has 0 spiro atoms. The molecule has 90 valence electrons. The van der Waals surface area contributed by atoms with E-state index in [0.717, 1.165) is 25.0 Å². The molecule has 0 bridgehead atoms. The molecule has 3 nitrogen and oxygen atoms in total. The highest BCUT2D eigenvalue weighted by atomic mass is 32.2. The monoisotopic (exact) mass is 232 g/mol. The minimum Gasteiger partial charge on any atom is -0.341 e. The number of hydrogen-bond donors (Lipinski definition) is 1. The van der Waals surface area contributed by atoms with Crippen molar-refractivity contribution in [1.29, 1.82) is 0 Å². The maximum Gasteiger partial charge on any atom is 0.239 e. The molecule has 15 heavy (non-hydrogen) atoms. The standard InChI is InChI=1S/C11H24N2OS/c1-5-7-10(12)11(14)13(3)9(6-2)8-15-4/h9-10H,5-8,12H2,1-4H3/t9?,10-/m1/s1. The second-order valence-electron chi connectivity index (χ2n) is 3.86. The Morgan fingerprint density at radius 3 is 2.47 bits per heavy atom. The van der Waals surface area contributed by atoms with Crippen LogP contribution in [0.5, 0.6) is 0 Å². The maximum absolute atomic E-state index is 11.9. The van der Waals surface area contributed by atoms with E-state index in [-0.39, 0.29) is 11.9 Å². The van der Waals surface area contributed by atoms with E-state index in [9.17, 15) is 4.79 Å². The van der Waals surface area contributed by atoms with Crippen molar-refractivity contribution < 1.29 is 4.79 Å². The average Bonchev–Trinajstić information content (AvgIpc) is 2.24. The number of nitrogens with two attached hydrogens (primary N) is 1. The van der Waals surface area contributed by atoms with E-state index in [4.69, 9.17) is 5.73 Å². The van der Waals surface area contributed by atoms with Crippen LogP contribution in [-0.2, 0) is 4.79 Å². The zero-order valence-corrected chi connectivity index (χ0v) is 11.1. The first-order valence-electron chi connectivity index (χ1n) is 5.59. The summed E-state index contributed by atoms with van der Waals surface area (Å²) in [7, 11) is 1.86. The molecule has 0 heterocycles. The van der Waals surface area contributed by atoms with Gasteiger partial charge in [0.1, 0.15) is 0 Å². The van der Waals surface area contributed by atoms with Crippen LogP contribution in [0, 0.1) is 0 Å². The van der Waals surface area contributed by atoms with Gasteiger partial charge in [0.2, 0.25) is 5.91 Å². The Labute approximate surface area is 97.8 Å². The third kappa shape index (κ3) is 4.89. The smallest absolute Gasteiger partial charge is 0.239 e. The lowest BCUT2D eigenvalue weighted by molar-refractivity contribution is -0.133. The van der Waals surface area contributed by atoms with Crippen LogP contribution in [0.15, 0.2) is 0 Å². The van der Waals surface area contributed by atoms with Crippen LogP contribution >= 0.6 is 11.8 Å². The Morgan fingerprint density at radius 2 is 2.07 bits per heavy atom. The molecule has 1 amide bonds. The lowest BCUT2D eigenvalue weighted by Gasteiger charge is -2.29. The van der Waals surface area contributed by atoms with E-state index in [0.29, 0.717) is 6.04 Å². The van der Waals surface area contributed by atoms with Crippen molar-refractivity contribution in [2.75, 3.05) is 19.1 Å². The van der Waals surface area contributed by atoms with Crippen LogP contribution in [0.3, 0.4) is 0 Å². The Kier molecular flexibility index (Phi) is 7.88. The third-order valence-electron chi connectivity index (χ3n) is 2.64. The lowest BCUT2D eigenvalue weighted by Crippen LogP contribution is -2.47. The van der Waals surface area contributed by atoms with Crippen LogP contribution in [0.4, 0.5) is 0 Å². The summed E-state index contributed by atoms with van der Waals surface area (Å²) in [6.45, 7) is 4.16. The number of carbonyl (C=O) groups excluding carboxylic acids is 1. The molecule has 0 rings (SSSR count).